The maximum atomic E-state index is 12.2. The van der Waals surface area contributed by atoms with Crippen molar-refractivity contribution in [2.24, 2.45) is 5.92 Å². The normalized spacial score (nSPS) is 28.5. The molecule has 0 aliphatic carbocycles. The summed E-state index contributed by atoms with van der Waals surface area (Å²) in [6.45, 7) is 2.70. The number of hydrogen-bond donors (Lipinski definition) is 1. The van der Waals surface area contributed by atoms with Crippen LogP contribution in [0.2, 0.25) is 0 Å². The van der Waals surface area contributed by atoms with Gasteiger partial charge in [0.1, 0.15) is 0 Å². The van der Waals surface area contributed by atoms with Gasteiger partial charge in [0.2, 0.25) is 5.91 Å². The highest BCUT2D eigenvalue weighted by Gasteiger charge is 2.41. The average molecular weight is 315 g/mol. The van der Waals surface area contributed by atoms with E-state index in [0.29, 0.717) is 11.9 Å². The van der Waals surface area contributed by atoms with Crippen LogP contribution in [0.1, 0.15) is 17.7 Å². The van der Waals surface area contributed by atoms with E-state index in [1.807, 2.05) is 4.90 Å². The fourth-order valence-corrected chi connectivity index (χ4v) is 4.24. The van der Waals surface area contributed by atoms with Crippen molar-refractivity contribution in [3.63, 3.8) is 0 Å². The summed E-state index contributed by atoms with van der Waals surface area (Å²) in [5, 5.41) is 5.53. The van der Waals surface area contributed by atoms with Crippen LogP contribution in [-0.2, 0) is 11.3 Å². The van der Waals surface area contributed by atoms with E-state index < -0.39 is 0 Å². The van der Waals surface area contributed by atoms with E-state index in [4.69, 9.17) is 0 Å². The topological polar surface area (TPSA) is 32.3 Å². The summed E-state index contributed by atoms with van der Waals surface area (Å²) in [7, 11) is 0. The Bertz CT molecular complexity index is 434. The van der Waals surface area contributed by atoms with Crippen LogP contribution in [0.4, 0.5) is 0 Å². The number of carbonyl (C=O) groups excluding carboxylic acids is 1. The summed E-state index contributed by atoms with van der Waals surface area (Å²) in [5.74, 6) is 0.568. The summed E-state index contributed by atoms with van der Waals surface area (Å²) >= 11 is 5.16. The maximum absolute atomic E-state index is 12.2. The second-order valence-electron chi connectivity index (χ2n) is 4.76. The molecule has 2 aliphatic heterocycles. The number of thiophene rings is 1. The molecule has 3 heterocycles. The minimum Gasteiger partial charge on any atom is -0.336 e. The number of fused-ring (bicyclic) bond motifs is 1. The third-order valence-corrected chi connectivity index (χ3v) is 5.28. The van der Waals surface area contributed by atoms with Crippen LogP contribution in [0.5, 0.6) is 0 Å². The van der Waals surface area contributed by atoms with Crippen LogP contribution in [-0.4, -0.2) is 29.9 Å². The summed E-state index contributed by atoms with van der Waals surface area (Å²) in [6.07, 6.45) is 2.19. The van der Waals surface area contributed by atoms with Crippen LogP contribution >= 0.6 is 27.3 Å². The van der Waals surface area contributed by atoms with Crippen molar-refractivity contribution in [3.05, 3.63) is 20.8 Å². The number of rotatable bonds is 2. The third kappa shape index (κ3) is 2.28. The second-order valence-corrected chi connectivity index (χ2v) is 6.67. The Labute approximate surface area is 113 Å². The number of hydrogen-bond acceptors (Lipinski definition) is 3. The molecule has 5 heteroatoms. The number of nitrogens with one attached hydrogen (secondary N) is 1. The molecule has 0 bridgehead atoms. The van der Waals surface area contributed by atoms with Gasteiger partial charge in [0.15, 0.2) is 0 Å². The van der Waals surface area contributed by atoms with Gasteiger partial charge < -0.3 is 10.2 Å². The van der Waals surface area contributed by atoms with Crippen molar-refractivity contribution in [1.82, 2.24) is 10.2 Å². The molecular formula is C12H15BrN2OS. The number of halogens is 1. The molecule has 3 rings (SSSR count). The zero-order chi connectivity index (χ0) is 11.8. The summed E-state index contributed by atoms with van der Waals surface area (Å²) in [4.78, 5) is 15.5. The van der Waals surface area contributed by atoms with E-state index in [0.717, 1.165) is 36.9 Å². The molecule has 2 atom stereocenters. The van der Waals surface area contributed by atoms with Gasteiger partial charge in [-0.1, -0.05) is 0 Å². The molecule has 0 saturated carbocycles. The van der Waals surface area contributed by atoms with Crippen molar-refractivity contribution in [2.45, 2.75) is 25.4 Å². The molecule has 3 nitrogen and oxygen atoms in total. The summed E-state index contributed by atoms with van der Waals surface area (Å²) in [5.41, 5.74) is 0. The van der Waals surface area contributed by atoms with E-state index in [9.17, 15) is 4.79 Å². The van der Waals surface area contributed by atoms with Gasteiger partial charge in [-0.05, 0) is 41.4 Å². The molecule has 2 aliphatic rings. The van der Waals surface area contributed by atoms with E-state index in [1.54, 1.807) is 11.3 Å². The molecule has 92 valence electrons. The molecule has 2 unspecified atom stereocenters. The molecule has 2 fully saturated rings. The number of amides is 1. The third-order valence-electron chi connectivity index (χ3n) is 3.60. The van der Waals surface area contributed by atoms with Crippen LogP contribution in [0, 0.1) is 5.92 Å². The van der Waals surface area contributed by atoms with E-state index in [-0.39, 0.29) is 5.92 Å². The molecule has 1 aromatic heterocycles. The molecule has 1 amide bonds. The molecule has 1 aromatic rings. The van der Waals surface area contributed by atoms with Crippen LogP contribution in [0.15, 0.2) is 15.9 Å². The Morgan fingerprint density at radius 2 is 2.47 bits per heavy atom. The van der Waals surface area contributed by atoms with E-state index in [1.165, 1.54) is 4.88 Å². The lowest BCUT2D eigenvalue weighted by atomic mass is 9.94. The van der Waals surface area contributed by atoms with E-state index in [2.05, 4.69) is 32.7 Å². The minimum atomic E-state index is 0.229. The first-order valence-electron chi connectivity index (χ1n) is 5.99. The van der Waals surface area contributed by atoms with Gasteiger partial charge in [-0.25, -0.2) is 0 Å². The Balaban J connectivity index is 1.70. The van der Waals surface area contributed by atoms with Gasteiger partial charge in [-0.2, -0.15) is 0 Å². The molecule has 1 N–H and O–H groups in total. The van der Waals surface area contributed by atoms with Crippen LogP contribution in [0.25, 0.3) is 0 Å². The monoisotopic (exact) mass is 314 g/mol. The minimum absolute atomic E-state index is 0.229. The van der Waals surface area contributed by atoms with Crippen LogP contribution in [0.3, 0.4) is 0 Å². The fourth-order valence-electron chi connectivity index (χ4n) is 2.77. The highest BCUT2D eigenvalue weighted by Crippen LogP contribution is 2.29. The van der Waals surface area contributed by atoms with Crippen LogP contribution < -0.4 is 5.32 Å². The lowest BCUT2D eigenvalue weighted by molar-refractivity contribution is -0.131. The number of nitrogens with zero attached hydrogens (tertiary/aromatic N) is 1. The first-order valence-corrected chi connectivity index (χ1v) is 7.66. The van der Waals surface area contributed by atoms with Gasteiger partial charge in [-0.15, -0.1) is 11.3 Å². The standard InChI is InChI=1S/C12H15BrN2OS/c13-8-4-9(17-7-8)5-15-6-11-10(12(15)16)2-1-3-14-11/h4,7,10-11,14H,1-3,5-6H2. The van der Waals surface area contributed by atoms with Gasteiger partial charge >= 0.3 is 0 Å². The van der Waals surface area contributed by atoms with Gasteiger partial charge in [0.05, 0.1) is 12.5 Å². The maximum Gasteiger partial charge on any atom is 0.227 e. The molecule has 0 spiro atoms. The molecule has 17 heavy (non-hydrogen) atoms. The van der Waals surface area contributed by atoms with Crippen molar-refractivity contribution in [1.29, 1.82) is 0 Å². The van der Waals surface area contributed by atoms with Gasteiger partial charge in [0, 0.05) is 27.3 Å². The zero-order valence-electron chi connectivity index (χ0n) is 9.49. The zero-order valence-corrected chi connectivity index (χ0v) is 11.9. The largest absolute Gasteiger partial charge is 0.336 e. The van der Waals surface area contributed by atoms with Crippen molar-refractivity contribution in [3.8, 4) is 0 Å². The quantitative estimate of drug-likeness (QED) is 0.908. The summed E-state index contributed by atoms with van der Waals surface area (Å²) < 4.78 is 1.11. The average Bonchev–Trinajstić information content (AvgIpc) is 2.86. The SMILES string of the molecule is O=C1C2CCCNC2CN1Cc1cc(Br)cs1. The van der Waals surface area contributed by atoms with Crippen molar-refractivity contribution < 1.29 is 4.79 Å². The summed E-state index contributed by atoms with van der Waals surface area (Å²) in [6, 6.07) is 2.49. The van der Waals surface area contributed by atoms with Gasteiger partial charge in [-0.3, -0.25) is 4.79 Å². The highest BCUT2D eigenvalue weighted by atomic mass is 79.9. The lowest BCUT2D eigenvalue weighted by Gasteiger charge is -2.23. The Hall–Kier alpha value is -0.390. The van der Waals surface area contributed by atoms with Gasteiger partial charge in [0.25, 0.3) is 0 Å². The Morgan fingerprint density at radius 1 is 1.59 bits per heavy atom. The lowest BCUT2D eigenvalue weighted by Crippen LogP contribution is -2.41. The number of piperidine rings is 1. The molecule has 0 radical (unpaired) electrons. The molecule has 2 saturated heterocycles. The predicted molar refractivity (Wildman–Crippen MR) is 72.0 cm³/mol. The second kappa shape index (κ2) is 4.71. The first kappa shape index (κ1) is 11.7. The Kier molecular flexibility index (Phi) is 3.23. The Morgan fingerprint density at radius 3 is 3.18 bits per heavy atom. The van der Waals surface area contributed by atoms with Crippen molar-refractivity contribution >= 4 is 33.2 Å². The highest BCUT2D eigenvalue weighted by molar-refractivity contribution is 9.10. The smallest absolute Gasteiger partial charge is 0.227 e. The molecular weight excluding hydrogens is 300 g/mol. The number of carbonyl (C=O) groups is 1. The fraction of sp³-hybridized carbons (Fsp3) is 0.583. The predicted octanol–water partition coefficient (Wildman–Crippen LogP) is 2.22. The van der Waals surface area contributed by atoms with E-state index >= 15 is 0 Å². The first-order chi connectivity index (χ1) is 8.24. The van der Waals surface area contributed by atoms with Crippen molar-refractivity contribution in [2.75, 3.05) is 13.1 Å². The number of likely N-dealkylation sites (tertiary alicyclic amines) is 1. The molecule has 0 aromatic carbocycles.